The van der Waals surface area contributed by atoms with Crippen LogP contribution in [-0.4, -0.2) is 54.1 Å². The summed E-state index contributed by atoms with van der Waals surface area (Å²) in [4.78, 5) is 39.2. The van der Waals surface area contributed by atoms with Crippen LogP contribution >= 0.6 is 12.4 Å². The summed E-state index contributed by atoms with van der Waals surface area (Å²) in [6.07, 6.45) is 1.55. The van der Waals surface area contributed by atoms with Gasteiger partial charge in [-0.05, 0) is 42.8 Å². The number of halogens is 2. The first kappa shape index (κ1) is 21.6. The van der Waals surface area contributed by atoms with Crippen LogP contribution in [0, 0.1) is 12.7 Å². The number of methoxy groups -OCH3 is 1. The zero-order chi connectivity index (χ0) is 19.6. The highest BCUT2D eigenvalue weighted by Gasteiger charge is 2.31. The van der Waals surface area contributed by atoms with E-state index < -0.39 is 29.3 Å². The Labute approximate surface area is 167 Å². The maximum absolute atomic E-state index is 13.2. The molecule has 1 aliphatic rings. The average molecular weight is 410 g/mol. The van der Waals surface area contributed by atoms with Gasteiger partial charge in [0.05, 0.1) is 7.11 Å². The lowest BCUT2D eigenvalue weighted by atomic mass is 10.1. The summed E-state index contributed by atoms with van der Waals surface area (Å²) in [5.41, 5.74) is 0.548. The lowest BCUT2D eigenvalue weighted by Gasteiger charge is -2.32. The number of carbonyl (C=O) groups is 2. The Morgan fingerprint density at radius 1 is 1.21 bits per heavy atom. The molecule has 1 aromatic carbocycles. The fourth-order valence-electron chi connectivity index (χ4n) is 3.08. The van der Waals surface area contributed by atoms with Crippen LogP contribution in [0.2, 0.25) is 0 Å². The number of nitrogens with zero attached hydrogens (tertiary/aromatic N) is 2. The molecule has 9 heteroatoms. The van der Waals surface area contributed by atoms with Crippen LogP contribution in [0.3, 0.4) is 0 Å². The van der Waals surface area contributed by atoms with Crippen LogP contribution < -0.4 is 10.9 Å². The van der Waals surface area contributed by atoms with Crippen LogP contribution in [0.4, 0.5) is 4.39 Å². The highest BCUT2D eigenvalue weighted by molar-refractivity contribution is 5.96. The van der Waals surface area contributed by atoms with Crippen LogP contribution in [0.5, 0.6) is 0 Å². The first-order chi connectivity index (χ1) is 12.9. The molecule has 0 radical (unpaired) electrons. The Balaban J connectivity index is 0.00000280. The third-order valence-electron chi connectivity index (χ3n) is 4.57. The van der Waals surface area contributed by atoms with Gasteiger partial charge in [0, 0.05) is 31.5 Å². The van der Waals surface area contributed by atoms with E-state index in [0.29, 0.717) is 24.3 Å². The normalized spacial score (nSPS) is 16.2. The van der Waals surface area contributed by atoms with E-state index in [-0.39, 0.29) is 24.5 Å². The minimum absolute atomic E-state index is 0. The molecule has 0 aliphatic carbocycles. The number of rotatable bonds is 3. The molecule has 1 N–H and O–H groups in total. The van der Waals surface area contributed by atoms with Crippen molar-refractivity contribution < 1.29 is 18.7 Å². The molecular formula is C19H21ClFN3O4. The van der Waals surface area contributed by atoms with Crippen LogP contribution in [0.1, 0.15) is 15.9 Å². The van der Waals surface area contributed by atoms with Gasteiger partial charge in [-0.15, -0.1) is 12.4 Å². The van der Waals surface area contributed by atoms with Gasteiger partial charge in [0.25, 0.3) is 11.5 Å². The van der Waals surface area contributed by atoms with E-state index in [2.05, 4.69) is 5.32 Å². The first-order valence-corrected chi connectivity index (χ1v) is 8.51. The fraction of sp³-hybridized carbons (Fsp3) is 0.316. The summed E-state index contributed by atoms with van der Waals surface area (Å²) >= 11 is 0. The number of ether oxygens (including phenoxy) is 1. The molecule has 0 saturated carbocycles. The molecule has 150 valence electrons. The van der Waals surface area contributed by atoms with Gasteiger partial charge in [-0.25, -0.2) is 4.39 Å². The van der Waals surface area contributed by atoms with E-state index in [1.165, 1.54) is 40.8 Å². The molecule has 1 aliphatic heterocycles. The molecule has 7 nitrogen and oxygen atoms in total. The van der Waals surface area contributed by atoms with Gasteiger partial charge in [0.15, 0.2) is 0 Å². The number of aryl methyl sites for hydroxylation is 1. The number of hydrogen-bond acceptors (Lipinski definition) is 5. The minimum atomic E-state index is -0.629. The molecule has 1 unspecified atom stereocenters. The van der Waals surface area contributed by atoms with Gasteiger partial charge in [-0.3, -0.25) is 19.0 Å². The zero-order valence-corrected chi connectivity index (χ0v) is 16.3. The number of benzene rings is 1. The molecule has 1 atom stereocenters. The Hall–Kier alpha value is -2.71. The monoisotopic (exact) mass is 409 g/mol. The number of nitrogens with one attached hydrogen (secondary N) is 1. The maximum atomic E-state index is 13.2. The third-order valence-corrected chi connectivity index (χ3v) is 4.57. The minimum Gasteiger partial charge on any atom is -0.468 e. The number of pyridine rings is 1. The Kier molecular flexibility index (Phi) is 6.93. The Morgan fingerprint density at radius 3 is 2.54 bits per heavy atom. The van der Waals surface area contributed by atoms with Gasteiger partial charge < -0.3 is 15.0 Å². The Morgan fingerprint density at radius 2 is 1.89 bits per heavy atom. The highest BCUT2D eigenvalue weighted by Crippen LogP contribution is 2.13. The second kappa shape index (κ2) is 8.99. The second-order valence-corrected chi connectivity index (χ2v) is 6.31. The van der Waals surface area contributed by atoms with Crippen molar-refractivity contribution in [2.24, 2.45) is 0 Å². The van der Waals surface area contributed by atoms with Gasteiger partial charge in [-0.2, -0.15) is 0 Å². The highest BCUT2D eigenvalue weighted by atomic mass is 35.5. The molecule has 0 bridgehead atoms. The van der Waals surface area contributed by atoms with Gasteiger partial charge in [0.1, 0.15) is 17.4 Å². The molecule has 0 spiro atoms. The van der Waals surface area contributed by atoms with Crippen molar-refractivity contribution >= 4 is 24.3 Å². The molecule has 28 heavy (non-hydrogen) atoms. The number of piperazine rings is 1. The van der Waals surface area contributed by atoms with Crippen molar-refractivity contribution in [1.29, 1.82) is 0 Å². The van der Waals surface area contributed by atoms with Crippen molar-refractivity contribution in [3.05, 3.63) is 63.8 Å². The summed E-state index contributed by atoms with van der Waals surface area (Å²) in [5.74, 6) is -1.31. The number of amides is 1. The third kappa shape index (κ3) is 4.23. The van der Waals surface area contributed by atoms with Crippen molar-refractivity contribution in [2.75, 3.05) is 26.7 Å². The van der Waals surface area contributed by atoms with Crippen molar-refractivity contribution in [3.63, 3.8) is 0 Å². The molecule has 1 amide bonds. The lowest BCUT2D eigenvalue weighted by molar-refractivity contribution is -0.144. The number of aromatic nitrogens is 1. The van der Waals surface area contributed by atoms with E-state index in [4.69, 9.17) is 4.74 Å². The van der Waals surface area contributed by atoms with Crippen molar-refractivity contribution in [3.8, 4) is 5.69 Å². The van der Waals surface area contributed by atoms with E-state index in [0.717, 1.165) is 0 Å². The summed E-state index contributed by atoms with van der Waals surface area (Å²) < 4.78 is 19.2. The van der Waals surface area contributed by atoms with Crippen molar-refractivity contribution in [2.45, 2.75) is 13.0 Å². The van der Waals surface area contributed by atoms with E-state index >= 15 is 0 Å². The van der Waals surface area contributed by atoms with Crippen LogP contribution in [0.25, 0.3) is 5.69 Å². The topological polar surface area (TPSA) is 80.6 Å². The second-order valence-electron chi connectivity index (χ2n) is 6.31. The molecule has 1 fully saturated rings. The summed E-state index contributed by atoms with van der Waals surface area (Å²) in [6.45, 7) is 2.60. The molecule has 2 aromatic rings. The van der Waals surface area contributed by atoms with Crippen LogP contribution in [-0.2, 0) is 9.53 Å². The molecule has 1 aromatic heterocycles. The zero-order valence-electron chi connectivity index (χ0n) is 15.5. The van der Waals surface area contributed by atoms with Gasteiger partial charge in [0.2, 0.25) is 0 Å². The van der Waals surface area contributed by atoms with Gasteiger partial charge in [-0.1, -0.05) is 0 Å². The SMILES string of the molecule is COC(=O)C1CN(C(=O)c2c(C)ccn(-c3ccc(F)cc3)c2=O)CCN1.Cl. The van der Waals surface area contributed by atoms with Gasteiger partial charge >= 0.3 is 5.97 Å². The smallest absolute Gasteiger partial charge is 0.324 e. The molecule has 2 heterocycles. The predicted molar refractivity (Wildman–Crippen MR) is 104 cm³/mol. The molecular weight excluding hydrogens is 389 g/mol. The predicted octanol–water partition coefficient (Wildman–Crippen LogP) is 1.29. The largest absolute Gasteiger partial charge is 0.468 e. The van der Waals surface area contributed by atoms with Crippen LogP contribution in [0.15, 0.2) is 41.3 Å². The maximum Gasteiger partial charge on any atom is 0.324 e. The lowest BCUT2D eigenvalue weighted by Crippen LogP contribution is -2.56. The number of carbonyl (C=O) groups excluding carboxylic acids is 2. The summed E-state index contributed by atoms with van der Waals surface area (Å²) in [6, 6.07) is 6.48. The van der Waals surface area contributed by atoms with E-state index in [1.54, 1.807) is 19.2 Å². The van der Waals surface area contributed by atoms with E-state index in [9.17, 15) is 18.8 Å². The quantitative estimate of drug-likeness (QED) is 0.773. The summed E-state index contributed by atoms with van der Waals surface area (Å²) in [7, 11) is 1.29. The number of esters is 1. The Bertz CT molecular complexity index is 930. The standard InChI is InChI=1S/C19H20FN3O4.ClH/c1-12-7-9-23(14-5-3-13(20)4-6-14)18(25)16(12)17(24)22-10-8-21-15(11-22)19(26)27-2;/h3-7,9,15,21H,8,10-11H2,1-2H3;1H. The first-order valence-electron chi connectivity index (χ1n) is 8.51. The average Bonchev–Trinajstić information content (AvgIpc) is 2.68. The van der Waals surface area contributed by atoms with E-state index in [1.807, 2.05) is 0 Å². The summed E-state index contributed by atoms with van der Waals surface area (Å²) in [5, 5.41) is 2.99. The molecule has 3 rings (SSSR count). The fourth-order valence-corrected chi connectivity index (χ4v) is 3.08. The number of hydrogen-bond donors (Lipinski definition) is 1. The molecule has 1 saturated heterocycles. The van der Waals surface area contributed by atoms with Crippen molar-refractivity contribution in [1.82, 2.24) is 14.8 Å².